The smallest absolute Gasteiger partial charge is 0.257 e. The van der Waals surface area contributed by atoms with Gasteiger partial charge in [-0.3, -0.25) is 20.4 Å². The van der Waals surface area contributed by atoms with Crippen molar-refractivity contribution < 1.29 is 14.3 Å². The number of hydrogen-bond donors (Lipinski definition) is 4. The SMILES string of the molecule is COC[C@@H](C)NC(=S)NNC(=O)CNC(=O)CC12CC3CC(CC(C3)C1)C2. The van der Waals surface area contributed by atoms with Crippen molar-refractivity contribution in [3.05, 3.63) is 0 Å². The predicted octanol–water partition coefficient (Wildman–Crippen LogP) is 1.24. The number of carbonyl (C=O) groups excluding carboxylic acids is 2. The Labute approximate surface area is 166 Å². The number of amides is 2. The summed E-state index contributed by atoms with van der Waals surface area (Å²) in [7, 11) is 1.61. The Balaban J connectivity index is 1.34. The van der Waals surface area contributed by atoms with Gasteiger partial charge < -0.3 is 15.4 Å². The number of methoxy groups -OCH3 is 1. The van der Waals surface area contributed by atoms with Crippen molar-refractivity contribution in [1.29, 1.82) is 0 Å². The second kappa shape index (κ2) is 8.73. The molecule has 4 saturated carbocycles. The fraction of sp³-hybridized carbons (Fsp3) is 0.842. The van der Waals surface area contributed by atoms with Gasteiger partial charge in [0, 0.05) is 19.6 Å². The van der Waals surface area contributed by atoms with Crippen molar-refractivity contribution in [2.24, 2.45) is 23.2 Å². The third-order valence-corrected chi connectivity index (χ3v) is 6.48. The van der Waals surface area contributed by atoms with Gasteiger partial charge >= 0.3 is 0 Å². The number of hydrazine groups is 1. The summed E-state index contributed by atoms with van der Waals surface area (Å²) in [5, 5.41) is 6.06. The molecule has 0 unspecified atom stereocenters. The Morgan fingerprint density at radius 2 is 1.67 bits per heavy atom. The van der Waals surface area contributed by atoms with Gasteiger partial charge in [-0.15, -0.1) is 0 Å². The van der Waals surface area contributed by atoms with Crippen molar-refractivity contribution in [1.82, 2.24) is 21.5 Å². The molecule has 4 N–H and O–H groups in total. The minimum Gasteiger partial charge on any atom is -0.383 e. The molecular formula is C19H32N4O3S. The molecule has 0 heterocycles. The van der Waals surface area contributed by atoms with Crippen molar-refractivity contribution >= 4 is 29.1 Å². The maximum Gasteiger partial charge on any atom is 0.257 e. The summed E-state index contributed by atoms with van der Waals surface area (Å²) >= 11 is 5.09. The molecule has 4 aliphatic rings. The first-order valence-corrected chi connectivity index (χ1v) is 10.4. The molecule has 2 amide bonds. The molecule has 0 aromatic heterocycles. The van der Waals surface area contributed by atoms with Crippen molar-refractivity contribution in [3.8, 4) is 0 Å². The number of rotatable bonds is 7. The van der Waals surface area contributed by atoms with Crippen molar-refractivity contribution in [3.63, 3.8) is 0 Å². The van der Waals surface area contributed by atoms with Gasteiger partial charge in [0.1, 0.15) is 0 Å². The highest BCUT2D eigenvalue weighted by molar-refractivity contribution is 7.80. The Morgan fingerprint density at radius 1 is 1.07 bits per heavy atom. The van der Waals surface area contributed by atoms with Crippen LogP contribution in [0.25, 0.3) is 0 Å². The standard InChI is InChI=1S/C19H32N4O3S/c1-12(11-26-2)21-18(27)23-22-17(25)10-20-16(24)9-19-6-13-3-14(7-19)5-15(4-13)8-19/h12-15H,3-11H2,1-2H3,(H,20,24)(H,22,25)(H2,21,23,27)/t12-,13?,14?,15?,19?/m1/s1. The fourth-order valence-corrected chi connectivity index (χ4v) is 6.06. The Kier molecular flexibility index (Phi) is 6.57. The molecule has 8 heteroatoms. The van der Waals surface area contributed by atoms with E-state index in [4.69, 9.17) is 17.0 Å². The highest BCUT2D eigenvalue weighted by Gasteiger charge is 2.51. The molecule has 4 aliphatic carbocycles. The van der Waals surface area contributed by atoms with E-state index in [2.05, 4.69) is 21.5 Å². The Hall–Kier alpha value is -1.41. The summed E-state index contributed by atoms with van der Waals surface area (Å²) in [4.78, 5) is 24.4. The largest absolute Gasteiger partial charge is 0.383 e. The first kappa shape index (κ1) is 20.3. The lowest BCUT2D eigenvalue weighted by Gasteiger charge is -2.56. The third kappa shape index (κ3) is 5.54. The van der Waals surface area contributed by atoms with E-state index in [1.54, 1.807) is 7.11 Å². The highest BCUT2D eigenvalue weighted by atomic mass is 32.1. The quantitative estimate of drug-likeness (QED) is 0.382. The zero-order valence-electron chi connectivity index (χ0n) is 16.3. The Bertz CT molecular complexity index is 548. The molecule has 1 atom stereocenters. The number of ether oxygens (including phenoxy) is 1. The molecule has 7 nitrogen and oxygen atoms in total. The van der Waals surface area contributed by atoms with Crippen LogP contribution in [0.5, 0.6) is 0 Å². The number of hydrogen-bond acceptors (Lipinski definition) is 4. The van der Waals surface area contributed by atoms with Gasteiger partial charge in [-0.05, 0) is 80.8 Å². The minimum atomic E-state index is -0.322. The lowest BCUT2D eigenvalue weighted by molar-refractivity contribution is -0.132. The molecule has 0 radical (unpaired) electrons. The molecule has 152 valence electrons. The van der Waals surface area contributed by atoms with Gasteiger partial charge in [-0.25, -0.2) is 0 Å². The van der Waals surface area contributed by atoms with E-state index >= 15 is 0 Å². The summed E-state index contributed by atoms with van der Waals surface area (Å²) in [5.74, 6) is 2.14. The zero-order valence-corrected chi connectivity index (χ0v) is 17.1. The maximum absolute atomic E-state index is 12.4. The van der Waals surface area contributed by atoms with E-state index in [9.17, 15) is 9.59 Å². The number of carbonyl (C=O) groups is 2. The number of nitrogens with one attached hydrogen (secondary N) is 4. The van der Waals surface area contributed by atoms with E-state index in [0.717, 1.165) is 17.8 Å². The molecule has 0 aliphatic heterocycles. The molecule has 4 fully saturated rings. The Morgan fingerprint density at radius 3 is 2.22 bits per heavy atom. The van der Waals surface area contributed by atoms with Crippen LogP contribution in [0, 0.1) is 23.2 Å². The van der Waals surface area contributed by atoms with Gasteiger partial charge in [0.15, 0.2) is 5.11 Å². The van der Waals surface area contributed by atoms with Gasteiger partial charge in [-0.1, -0.05) is 0 Å². The topological polar surface area (TPSA) is 91.5 Å². The summed E-state index contributed by atoms with van der Waals surface area (Å²) in [6.45, 7) is 2.38. The minimum absolute atomic E-state index is 0.0125. The first-order valence-electron chi connectivity index (χ1n) is 9.98. The normalized spacial score (nSPS) is 31.9. The van der Waals surface area contributed by atoms with Crippen molar-refractivity contribution in [2.45, 2.75) is 57.9 Å². The zero-order chi connectivity index (χ0) is 19.4. The molecule has 0 spiro atoms. The van der Waals surface area contributed by atoms with Crippen LogP contribution in [0.3, 0.4) is 0 Å². The molecule has 4 rings (SSSR count). The monoisotopic (exact) mass is 396 g/mol. The second-order valence-electron chi connectivity index (χ2n) is 8.87. The van der Waals surface area contributed by atoms with E-state index in [0.29, 0.717) is 18.1 Å². The fourth-order valence-electron chi connectivity index (χ4n) is 5.81. The van der Waals surface area contributed by atoms with Gasteiger partial charge in [0.25, 0.3) is 5.91 Å². The third-order valence-electron chi connectivity index (χ3n) is 6.26. The summed E-state index contributed by atoms with van der Waals surface area (Å²) in [6.07, 6.45) is 8.24. The average molecular weight is 397 g/mol. The van der Waals surface area contributed by atoms with Gasteiger partial charge in [0.2, 0.25) is 5.91 Å². The van der Waals surface area contributed by atoms with Crippen LogP contribution in [0.15, 0.2) is 0 Å². The summed E-state index contributed by atoms with van der Waals surface area (Å²) in [5.41, 5.74) is 5.32. The average Bonchev–Trinajstić information content (AvgIpc) is 2.56. The van der Waals surface area contributed by atoms with Crippen LogP contribution < -0.4 is 21.5 Å². The first-order chi connectivity index (χ1) is 12.9. The molecule has 27 heavy (non-hydrogen) atoms. The molecule has 0 saturated heterocycles. The number of thiocarbonyl (C=S) groups is 1. The lowest BCUT2D eigenvalue weighted by Crippen LogP contribution is -2.52. The van der Waals surface area contributed by atoms with E-state index in [1.807, 2.05) is 6.92 Å². The predicted molar refractivity (Wildman–Crippen MR) is 107 cm³/mol. The van der Waals surface area contributed by atoms with Crippen LogP contribution in [0.2, 0.25) is 0 Å². The van der Waals surface area contributed by atoms with Crippen LogP contribution in [-0.4, -0.2) is 43.2 Å². The van der Waals surface area contributed by atoms with Gasteiger partial charge in [-0.2, -0.15) is 0 Å². The summed E-state index contributed by atoms with van der Waals surface area (Å²) < 4.78 is 5.01. The van der Waals surface area contributed by atoms with E-state index in [1.165, 1.54) is 38.5 Å². The molecule has 0 aromatic carbocycles. The molecule has 4 bridgehead atoms. The molecule has 0 aromatic rings. The van der Waals surface area contributed by atoms with Crippen molar-refractivity contribution in [2.75, 3.05) is 20.3 Å². The summed E-state index contributed by atoms with van der Waals surface area (Å²) in [6, 6.07) is 0.0342. The second-order valence-corrected chi connectivity index (χ2v) is 9.28. The van der Waals surface area contributed by atoms with Crippen LogP contribution >= 0.6 is 12.2 Å². The van der Waals surface area contributed by atoms with Gasteiger partial charge in [0.05, 0.1) is 13.2 Å². The lowest BCUT2D eigenvalue weighted by atomic mass is 9.49. The van der Waals surface area contributed by atoms with E-state index in [-0.39, 0.29) is 29.8 Å². The van der Waals surface area contributed by atoms with Crippen LogP contribution in [-0.2, 0) is 14.3 Å². The highest BCUT2D eigenvalue weighted by Crippen LogP contribution is 2.61. The molecular weight excluding hydrogens is 364 g/mol. The maximum atomic E-state index is 12.4. The van der Waals surface area contributed by atoms with E-state index < -0.39 is 0 Å². The van der Waals surface area contributed by atoms with Crippen LogP contribution in [0.4, 0.5) is 0 Å². The van der Waals surface area contributed by atoms with Crippen LogP contribution in [0.1, 0.15) is 51.9 Å².